The van der Waals surface area contributed by atoms with E-state index in [4.69, 9.17) is 12.2 Å². The summed E-state index contributed by atoms with van der Waals surface area (Å²) >= 11 is 6.34. The zero-order chi connectivity index (χ0) is 15.4. The highest BCUT2D eigenvalue weighted by Gasteiger charge is 2.29. The molecule has 1 aromatic rings. The molecule has 0 saturated carbocycles. The van der Waals surface area contributed by atoms with Gasteiger partial charge in [0, 0.05) is 12.6 Å². The van der Waals surface area contributed by atoms with E-state index in [0.717, 1.165) is 0 Å². The second kappa shape index (κ2) is 6.64. The van der Waals surface area contributed by atoms with Crippen molar-refractivity contribution in [1.29, 1.82) is 0 Å². The summed E-state index contributed by atoms with van der Waals surface area (Å²) < 4.78 is 0.535. The van der Waals surface area contributed by atoms with E-state index in [1.807, 2.05) is 6.92 Å². The highest BCUT2D eigenvalue weighted by molar-refractivity contribution is 8.26. The van der Waals surface area contributed by atoms with Gasteiger partial charge >= 0.3 is 0 Å². The summed E-state index contributed by atoms with van der Waals surface area (Å²) in [6.07, 6.45) is 4.87. The van der Waals surface area contributed by atoms with Crippen molar-refractivity contribution in [2.45, 2.75) is 6.92 Å². The van der Waals surface area contributed by atoms with Crippen LogP contribution >= 0.6 is 24.0 Å². The van der Waals surface area contributed by atoms with Crippen LogP contribution in [0.15, 0.2) is 41.3 Å². The predicted octanol–water partition coefficient (Wildman–Crippen LogP) is 3.37. The fourth-order valence-corrected chi connectivity index (χ4v) is 3.16. The SMILES string of the molecule is CCN1C(=O)/C(=C\C=C\c2ccccc2[N+](=O)[O-])SC1=S. The molecule has 1 aliphatic rings. The van der Waals surface area contributed by atoms with Crippen molar-refractivity contribution >= 4 is 46.0 Å². The van der Waals surface area contributed by atoms with Crippen LogP contribution in [0.5, 0.6) is 0 Å². The molecule has 0 unspecified atom stereocenters. The number of benzene rings is 1. The summed E-state index contributed by atoms with van der Waals surface area (Å²) in [5, 5.41) is 10.9. The third-order valence-electron chi connectivity index (χ3n) is 2.85. The van der Waals surface area contributed by atoms with Crippen LogP contribution in [0.25, 0.3) is 6.08 Å². The van der Waals surface area contributed by atoms with Gasteiger partial charge in [-0.15, -0.1) is 0 Å². The first-order valence-corrected chi connectivity index (χ1v) is 7.42. The molecule has 0 aromatic heterocycles. The van der Waals surface area contributed by atoms with Crippen molar-refractivity contribution in [2.24, 2.45) is 0 Å². The van der Waals surface area contributed by atoms with Crippen LogP contribution in [-0.2, 0) is 4.79 Å². The number of likely N-dealkylation sites (N-methyl/N-ethyl adjacent to an activating group) is 1. The van der Waals surface area contributed by atoms with Crippen LogP contribution in [0.2, 0.25) is 0 Å². The van der Waals surface area contributed by atoms with Crippen molar-refractivity contribution in [1.82, 2.24) is 4.90 Å². The molecule has 1 aromatic carbocycles. The Kier molecular flexibility index (Phi) is 4.87. The second-order valence-corrected chi connectivity index (χ2v) is 5.80. The summed E-state index contributed by atoms with van der Waals surface area (Å²) in [4.78, 5) is 24.5. The summed E-state index contributed by atoms with van der Waals surface area (Å²) in [6, 6.07) is 6.43. The molecule has 1 aliphatic heterocycles. The van der Waals surface area contributed by atoms with Crippen molar-refractivity contribution in [3.63, 3.8) is 0 Å². The summed E-state index contributed by atoms with van der Waals surface area (Å²) in [7, 11) is 0. The Bertz CT molecular complexity index is 668. The van der Waals surface area contributed by atoms with E-state index in [9.17, 15) is 14.9 Å². The first kappa shape index (κ1) is 15.4. The van der Waals surface area contributed by atoms with E-state index in [2.05, 4.69) is 0 Å². The largest absolute Gasteiger partial charge is 0.293 e. The lowest BCUT2D eigenvalue weighted by Crippen LogP contribution is -2.27. The van der Waals surface area contributed by atoms with E-state index in [-0.39, 0.29) is 11.6 Å². The quantitative estimate of drug-likeness (QED) is 0.368. The molecule has 7 heteroatoms. The van der Waals surface area contributed by atoms with E-state index in [1.165, 1.54) is 22.7 Å². The van der Waals surface area contributed by atoms with Crippen molar-refractivity contribution in [2.75, 3.05) is 6.54 Å². The van der Waals surface area contributed by atoms with Gasteiger partial charge in [-0.25, -0.2) is 0 Å². The smallest absolute Gasteiger partial charge is 0.276 e. The Balaban J connectivity index is 2.20. The molecule has 0 aliphatic carbocycles. The number of nitro benzene ring substituents is 1. The third-order valence-corrected chi connectivity index (χ3v) is 4.24. The van der Waals surface area contributed by atoms with Gasteiger partial charge < -0.3 is 0 Å². The molecule has 0 spiro atoms. The maximum absolute atomic E-state index is 12.0. The van der Waals surface area contributed by atoms with Gasteiger partial charge in [-0.1, -0.05) is 42.2 Å². The molecular formula is C14H12N2O3S2. The van der Waals surface area contributed by atoms with Crippen LogP contribution in [0.1, 0.15) is 12.5 Å². The molecule has 2 rings (SSSR count). The highest BCUT2D eigenvalue weighted by Crippen LogP contribution is 2.30. The Labute approximate surface area is 131 Å². The zero-order valence-electron chi connectivity index (χ0n) is 11.2. The number of thiocarbonyl (C=S) groups is 1. The molecule has 0 N–H and O–H groups in total. The average Bonchev–Trinajstić information content (AvgIpc) is 2.73. The van der Waals surface area contributed by atoms with Crippen molar-refractivity contribution in [3.8, 4) is 0 Å². The summed E-state index contributed by atoms with van der Waals surface area (Å²) in [6.45, 7) is 2.40. The minimum absolute atomic E-state index is 0.0308. The number of hydrogen-bond donors (Lipinski definition) is 0. The predicted molar refractivity (Wildman–Crippen MR) is 87.8 cm³/mol. The van der Waals surface area contributed by atoms with Crippen LogP contribution in [0.4, 0.5) is 5.69 Å². The minimum Gasteiger partial charge on any atom is -0.293 e. The number of carbonyl (C=O) groups is 1. The maximum Gasteiger partial charge on any atom is 0.276 e. The standard InChI is InChI=1S/C14H12N2O3S2/c1-2-15-13(17)12(21-14(15)20)9-5-7-10-6-3-4-8-11(10)16(18)19/h3-9H,2H2,1H3/b7-5+,12-9+. The normalized spacial score (nSPS) is 17.2. The van der Waals surface area contributed by atoms with Gasteiger partial charge in [0.2, 0.25) is 0 Å². The fraction of sp³-hybridized carbons (Fsp3) is 0.143. The second-order valence-electron chi connectivity index (χ2n) is 4.12. The van der Waals surface area contributed by atoms with Crippen molar-refractivity contribution in [3.05, 3.63) is 57.0 Å². The first-order valence-electron chi connectivity index (χ1n) is 6.20. The molecule has 0 bridgehead atoms. The number of carbonyl (C=O) groups excluding carboxylic acids is 1. The maximum atomic E-state index is 12.0. The van der Waals surface area contributed by atoms with E-state index >= 15 is 0 Å². The van der Waals surface area contributed by atoms with E-state index < -0.39 is 4.92 Å². The fourth-order valence-electron chi connectivity index (χ4n) is 1.82. The average molecular weight is 320 g/mol. The number of allylic oxidation sites excluding steroid dienone is 2. The van der Waals surface area contributed by atoms with Crippen molar-refractivity contribution < 1.29 is 9.72 Å². The zero-order valence-corrected chi connectivity index (χ0v) is 12.8. The van der Waals surface area contributed by atoms with Gasteiger partial charge in [-0.2, -0.15) is 0 Å². The van der Waals surface area contributed by atoms with E-state index in [1.54, 1.807) is 36.4 Å². The topological polar surface area (TPSA) is 63.5 Å². The lowest BCUT2D eigenvalue weighted by Gasteiger charge is -2.09. The van der Waals surface area contributed by atoms with Gasteiger partial charge in [0.25, 0.3) is 11.6 Å². The molecule has 108 valence electrons. The van der Waals surface area contributed by atoms with Crippen LogP contribution in [0.3, 0.4) is 0 Å². The Hall–Kier alpha value is -1.99. The molecule has 21 heavy (non-hydrogen) atoms. The lowest BCUT2D eigenvalue weighted by molar-refractivity contribution is -0.385. The molecule has 1 fully saturated rings. The van der Waals surface area contributed by atoms with Gasteiger partial charge in [-0.3, -0.25) is 19.8 Å². The number of para-hydroxylation sites is 1. The van der Waals surface area contributed by atoms with Gasteiger partial charge in [-0.05, 0) is 25.1 Å². The number of nitro groups is 1. The van der Waals surface area contributed by atoms with E-state index in [0.29, 0.717) is 21.3 Å². The number of hydrogen-bond acceptors (Lipinski definition) is 5. The molecular weight excluding hydrogens is 308 g/mol. The van der Waals surface area contributed by atoms with Crippen LogP contribution < -0.4 is 0 Å². The first-order chi connectivity index (χ1) is 10.0. The Morgan fingerprint density at radius 1 is 1.43 bits per heavy atom. The minimum atomic E-state index is -0.434. The van der Waals surface area contributed by atoms with Gasteiger partial charge in [0.1, 0.15) is 4.32 Å². The monoisotopic (exact) mass is 320 g/mol. The van der Waals surface area contributed by atoms with Gasteiger partial charge in [0.15, 0.2) is 0 Å². The molecule has 0 atom stereocenters. The number of amides is 1. The molecule has 0 radical (unpaired) electrons. The molecule has 1 amide bonds. The summed E-state index contributed by atoms with van der Waals surface area (Å²) in [5.41, 5.74) is 0.521. The van der Waals surface area contributed by atoms with Gasteiger partial charge in [0.05, 0.1) is 15.4 Å². The molecule has 1 heterocycles. The Morgan fingerprint density at radius 3 is 2.76 bits per heavy atom. The number of nitrogens with zero attached hydrogens (tertiary/aromatic N) is 2. The molecule has 5 nitrogen and oxygen atoms in total. The third kappa shape index (κ3) is 3.37. The Morgan fingerprint density at radius 2 is 2.14 bits per heavy atom. The number of thioether (sulfide) groups is 1. The highest BCUT2D eigenvalue weighted by atomic mass is 32.2. The number of rotatable bonds is 4. The lowest BCUT2D eigenvalue weighted by atomic mass is 10.1. The molecule has 1 saturated heterocycles. The van der Waals surface area contributed by atoms with Crippen LogP contribution in [-0.4, -0.2) is 26.6 Å². The van der Waals surface area contributed by atoms with Crippen LogP contribution in [0, 0.1) is 10.1 Å². The summed E-state index contributed by atoms with van der Waals surface area (Å²) in [5.74, 6) is -0.125.